The highest BCUT2D eigenvalue weighted by atomic mass is 32.2. The fourth-order valence-corrected chi connectivity index (χ4v) is 5.46. The summed E-state index contributed by atoms with van der Waals surface area (Å²) in [5, 5.41) is 11.7. The van der Waals surface area contributed by atoms with Crippen LogP contribution in [0.1, 0.15) is 15.9 Å². The first-order valence-corrected chi connectivity index (χ1v) is 15.0. The van der Waals surface area contributed by atoms with Gasteiger partial charge in [-0.2, -0.15) is 0 Å². The van der Waals surface area contributed by atoms with E-state index in [9.17, 15) is 14.4 Å². The van der Waals surface area contributed by atoms with Crippen LogP contribution in [0.2, 0.25) is 0 Å². The van der Waals surface area contributed by atoms with Crippen molar-refractivity contribution in [2.45, 2.75) is 4.90 Å². The Kier molecular flexibility index (Phi) is 8.52. The van der Waals surface area contributed by atoms with Crippen LogP contribution >= 0.6 is 11.8 Å². The molecule has 1 heterocycles. The fourth-order valence-electron chi connectivity index (χ4n) is 4.76. The molecule has 0 aliphatic rings. The third-order valence-electron chi connectivity index (χ3n) is 6.97. The number of carbonyl (C=O) groups excluding carboxylic acids is 3. The molecule has 216 valence electrons. The summed E-state index contributed by atoms with van der Waals surface area (Å²) < 4.78 is 0. The highest BCUT2D eigenvalue weighted by molar-refractivity contribution is 8.00. The molecule has 4 N–H and O–H groups in total. The van der Waals surface area contributed by atoms with Crippen LogP contribution in [0.5, 0.6) is 0 Å². The van der Waals surface area contributed by atoms with Crippen LogP contribution in [-0.2, 0) is 9.59 Å². The quantitative estimate of drug-likeness (QED) is 0.103. The van der Waals surface area contributed by atoms with E-state index in [4.69, 9.17) is 0 Å². The molecule has 3 amide bonds. The number of hydrogen-bond acceptors (Lipinski definition) is 4. The van der Waals surface area contributed by atoms with Crippen LogP contribution in [-0.4, -0.2) is 28.5 Å². The first-order valence-electron chi connectivity index (χ1n) is 14.0. The molecule has 0 atom stereocenters. The molecule has 6 rings (SSSR count). The maximum atomic E-state index is 13.4. The van der Waals surface area contributed by atoms with E-state index in [1.165, 1.54) is 11.8 Å². The summed E-state index contributed by atoms with van der Waals surface area (Å²) in [6, 6.07) is 37.5. The molecule has 6 aromatic rings. The minimum atomic E-state index is -0.463. The van der Waals surface area contributed by atoms with Gasteiger partial charge in [-0.3, -0.25) is 14.4 Å². The molecule has 0 bridgehead atoms. The number of thioether (sulfide) groups is 1. The van der Waals surface area contributed by atoms with Crippen molar-refractivity contribution in [3.63, 3.8) is 0 Å². The monoisotopic (exact) mass is 596 g/mol. The number of nitrogens with one attached hydrogen (secondary N) is 4. The number of amides is 3. The number of carbonyl (C=O) groups is 3. The highest BCUT2D eigenvalue weighted by Gasteiger charge is 2.16. The number of fused-ring (bicyclic) bond motifs is 2. The zero-order valence-corrected chi connectivity index (χ0v) is 24.4. The largest absolute Gasteiger partial charge is 0.361 e. The van der Waals surface area contributed by atoms with E-state index in [0.717, 1.165) is 37.8 Å². The normalized spacial score (nSPS) is 11.3. The molecule has 44 heavy (non-hydrogen) atoms. The smallest absolute Gasteiger partial charge is 0.272 e. The van der Waals surface area contributed by atoms with Gasteiger partial charge in [0.15, 0.2) is 0 Å². The molecule has 0 unspecified atom stereocenters. The molecule has 8 heteroatoms. The summed E-state index contributed by atoms with van der Waals surface area (Å²) in [5.41, 5.74) is 3.55. The Bertz CT molecular complexity index is 2000. The molecular weight excluding hydrogens is 568 g/mol. The van der Waals surface area contributed by atoms with Crippen molar-refractivity contribution in [3.05, 3.63) is 144 Å². The first kappa shape index (κ1) is 28.5. The molecule has 0 spiro atoms. The summed E-state index contributed by atoms with van der Waals surface area (Å²) in [5.74, 6) is -0.721. The van der Waals surface area contributed by atoms with Gasteiger partial charge in [-0.25, -0.2) is 0 Å². The standard InChI is InChI=1S/C36H28N4O3S/c41-34(38-29-15-14-24-8-4-5-11-26(24)20-29)23-44-30-18-16-28(17-19-30)39-36(43)33(40-35(42)25-9-2-1-3-10-25)21-27-22-37-32-13-7-6-12-31(27)32/h1-22,37H,23H2,(H,38,41)(H,39,43)(H,40,42)/b33-21+. The Morgan fingerprint density at radius 3 is 2.23 bits per heavy atom. The number of rotatable bonds is 9. The third-order valence-corrected chi connectivity index (χ3v) is 7.98. The van der Waals surface area contributed by atoms with Gasteiger partial charge in [-0.15, -0.1) is 11.8 Å². The van der Waals surface area contributed by atoms with Crippen molar-refractivity contribution >= 4 is 68.6 Å². The Morgan fingerprint density at radius 1 is 0.705 bits per heavy atom. The van der Waals surface area contributed by atoms with E-state index < -0.39 is 5.91 Å². The lowest BCUT2D eigenvalue weighted by Gasteiger charge is -2.12. The van der Waals surface area contributed by atoms with E-state index >= 15 is 0 Å². The first-order chi connectivity index (χ1) is 21.5. The number of hydrogen-bond donors (Lipinski definition) is 4. The highest BCUT2D eigenvalue weighted by Crippen LogP contribution is 2.24. The van der Waals surface area contributed by atoms with Crippen molar-refractivity contribution in [1.82, 2.24) is 10.3 Å². The molecule has 5 aromatic carbocycles. The van der Waals surface area contributed by atoms with Gasteiger partial charge in [0.1, 0.15) is 5.70 Å². The number of H-pyrrole nitrogens is 1. The molecule has 0 saturated heterocycles. The van der Waals surface area contributed by atoms with Gasteiger partial charge in [-0.05, 0) is 71.4 Å². The molecule has 7 nitrogen and oxygen atoms in total. The van der Waals surface area contributed by atoms with Crippen LogP contribution in [0.15, 0.2) is 138 Å². The molecule has 0 saturated carbocycles. The van der Waals surface area contributed by atoms with Gasteiger partial charge in [0.2, 0.25) is 5.91 Å². The second-order valence-electron chi connectivity index (χ2n) is 10.0. The topological polar surface area (TPSA) is 103 Å². The van der Waals surface area contributed by atoms with Gasteiger partial charge < -0.3 is 20.9 Å². The lowest BCUT2D eigenvalue weighted by atomic mass is 10.1. The Labute approximate surface area is 258 Å². The Morgan fingerprint density at radius 2 is 1.41 bits per heavy atom. The zero-order valence-electron chi connectivity index (χ0n) is 23.5. The van der Waals surface area contributed by atoms with Crippen molar-refractivity contribution in [1.29, 1.82) is 0 Å². The summed E-state index contributed by atoms with van der Waals surface area (Å²) in [7, 11) is 0. The summed E-state index contributed by atoms with van der Waals surface area (Å²) >= 11 is 1.40. The average molecular weight is 597 g/mol. The van der Waals surface area contributed by atoms with E-state index in [1.54, 1.807) is 48.7 Å². The van der Waals surface area contributed by atoms with Crippen LogP contribution in [0, 0.1) is 0 Å². The lowest BCUT2D eigenvalue weighted by Crippen LogP contribution is -2.30. The average Bonchev–Trinajstić information content (AvgIpc) is 3.47. The van der Waals surface area contributed by atoms with Gasteiger partial charge >= 0.3 is 0 Å². The van der Waals surface area contributed by atoms with Gasteiger partial charge in [0.05, 0.1) is 5.75 Å². The maximum absolute atomic E-state index is 13.4. The van der Waals surface area contributed by atoms with Crippen LogP contribution in [0.25, 0.3) is 27.8 Å². The van der Waals surface area contributed by atoms with Crippen molar-refractivity contribution in [2.24, 2.45) is 0 Å². The predicted octanol–water partition coefficient (Wildman–Crippen LogP) is 7.46. The number of aromatic amines is 1. The maximum Gasteiger partial charge on any atom is 0.272 e. The minimum absolute atomic E-state index is 0.104. The number of para-hydroxylation sites is 1. The fraction of sp³-hybridized carbons (Fsp3) is 0.0278. The van der Waals surface area contributed by atoms with Gasteiger partial charge in [0.25, 0.3) is 11.8 Å². The summed E-state index contributed by atoms with van der Waals surface area (Å²) in [4.78, 5) is 43.1. The molecule has 0 aliphatic heterocycles. The molecular formula is C36H28N4O3S. The number of anilines is 2. The number of benzene rings is 5. The van der Waals surface area contributed by atoms with Crippen molar-refractivity contribution in [3.8, 4) is 0 Å². The predicted molar refractivity (Wildman–Crippen MR) is 179 cm³/mol. The molecule has 0 radical (unpaired) electrons. The second-order valence-corrected chi connectivity index (χ2v) is 11.1. The minimum Gasteiger partial charge on any atom is -0.361 e. The van der Waals surface area contributed by atoms with Crippen LogP contribution in [0.4, 0.5) is 11.4 Å². The van der Waals surface area contributed by atoms with Crippen LogP contribution in [0.3, 0.4) is 0 Å². The summed E-state index contributed by atoms with van der Waals surface area (Å²) in [6.45, 7) is 0. The van der Waals surface area contributed by atoms with Crippen LogP contribution < -0.4 is 16.0 Å². The second kappa shape index (κ2) is 13.1. The van der Waals surface area contributed by atoms with Crippen molar-refractivity contribution < 1.29 is 14.4 Å². The molecule has 0 aliphatic carbocycles. The SMILES string of the molecule is O=C(CSc1ccc(NC(=O)/C(=C\c2c[nH]c3ccccc23)NC(=O)c2ccccc2)cc1)Nc1ccc2ccccc2c1. The van der Waals surface area contributed by atoms with E-state index in [2.05, 4.69) is 20.9 Å². The molecule has 0 fully saturated rings. The Hall–Kier alpha value is -5.60. The Balaban J connectivity index is 1.11. The third kappa shape index (κ3) is 6.88. The van der Waals surface area contributed by atoms with E-state index in [1.807, 2.05) is 84.9 Å². The number of aromatic nitrogens is 1. The van der Waals surface area contributed by atoms with Gasteiger partial charge in [-0.1, -0.05) is 66.7 Å². The lowest BCUT2D eigenvalue weighted by molar-refractivity contribution is -0.114. The van der Waals surface area contributed by atoms with E-state index in [-0.39, 0.29) is 23.3 Å². The molecule has 1 aromatic heterocycles. The zero-order chi connectivity index (χ0) is 30.3. The van der Waals surface area contributed by atoms with Crippen molar-refractivity contribution in [2.75, 3.05) is 16.4 Å². The van der Waals surface area contributed by atoms with Gasteiger partial charge in [0, 0.05) is 44.5 Å². The van der Waals surface area contributed by atoms with E-state index in [0.29, 0.717) is 11.3 Å². The summed E-state index contributed by atoms with van der Waals surface area (Å²) in [6.07, 6.45) is 3.46.